The van der Waals surface area contributed by atoms with E-state index in [0.29, 0.717) is 10.8 Å². The molecule has 1 N–H and O–H groups in total. The summed E-state index contributed by atoms with van der Waals surface area (Å²) in [5.41, 5.74) is -0.823. The van der Waals surface area contributed by atoms with Gasteiger partial charge < -0.3 is 9.63 Å². The van der Waals surface area contributed by atoms with Crippen molar-refractivity contribution in [3.05, 3.63) is 59.6 Å². The summed E-state index contributed by atoms with van der Waals surface area (Å²) >= 11 is 5.72. The molecule has 6 nitrogen and oxygen atoms in total. The van der Waals surface area contributed by atoms with Crippen LogP contribution in [0.2, 0.25) is 5.02 Å². The minimum absolute atomic E-state index is 0.0613. The Balaban J connectivity index is 1.90. The molecule has 0 amide bonds. The van der Waals surface area contributed by atoms with Gasteiger partial charge in [0.1, 0.15) is 5.75 Å². The number of hydrogen-bond acceptors (Lipinski definition) is 5. The summed E-state index contributed by atoms with van der Waals surface area (Å²) in [5.74, 6) is 0.633. The van der Waals surface area contributed by atoms with E-state index in [4.69, 9.17) is 20.5 Å². The first kappa shape index (κ1) is 19.9. The Morgan fingerprint density at radius 1 is 1.08 bits per heavy atom. The van der Waals surface area contributed by atoms with Crippen molar-refractivity contribution in [2.75, 3.05) is 13.2 Å². The highest BCUT2D eigenvalue weighted by atomic mass is 35.5. The summed E-state index contributed by atoms with van der Waals surface area (Å²) in [6.45, 7) is -0.215. The van der Waals surface area contributed by atoms with Gasteiger partial charge in [0.25, 0.3) is 10.1 Å². The van der Waals surface area contributed by atoms with Crippen LogP contribution in [0.25, 0.3) is 0 Å². The highest BCUT2D eigenvalue weighted by Gasteiger charge is 2.21. The molecule has 9 heteroatoms. The molecule has 0 saturated heterocycles. The van der Waals surface area contributed by atoms with Gasteiger partial charge in [-0.1, -0.05) is 29.8 Å². The van der Waals surface area contributed by atoms with Gasteiger partial charge in [-0.2, -0.15) is 8.42 Å². The summed E-state index contributed by atoms with van der Waals surface area (Å²) < 4.78 is 46.1. The molecule has 2 aromatic carbocycles. The average Bonchev–Trinajstić information content (AvgIpc) is 2.59. The van der Waals surface area contributed by atoms with Crippen molar-refractivity contribution in [2.24, 2.45) is 0 Å². The van der Waals surface area contributed by atoms with Gasteiger partial charge in [0.2, 0.25) is 0 Å². The maximum Gasteiger partial charge on any atom is 0.296 e. The van der Waals surface area contributed by atoms with Crippen LogP contribution >= 0.6 is 19.6 Å². The molecular weight excluding hydrogens is 387 g/mol. The van der Waals surface area contributed by atoms with Crippen molar-refractivity contribution >= 4 is 29.7 Å². The van der Waals surface area contributed by atoms with E-state index in [1.807, 2.05) is 18.2 Å². The third-order valence-electron chi connectivity index (χ3n) is 3.35. The molecule has 2 aromatic rings. The summed E-state index contributed by atoms with van der Waals surface area (Å²) in [4.78, 5) is 9.35. The molecule has 2 rings (SSSR count). The monoisotopic (exact) mass is 404 g/mol. The lowest BCUT2D eigenvalue weighted by atomic mass is 10.3. The Morgan fingerprint density at radius 3 is 2.32 bits per heavy atom. The molecular formula is C16H18ClO6PS. The predicted octanol–water partition coefficient (Wildman–Crippen LogP) is 3.35. The van der Waals surface area contributed by atoms with E-state index in [-0.39, 0.29) is 17.9 Å². The zero-order valence-corrected chi connectivity index (χ0v) is 15.7. The Kier molecular flexibility index (Phi) is 7.47. The van der Waals surface area contributed by atoms with Crippen LogP contribution in [0.4, 0.5) is 0 Å². The van der Waals surface area contributed by atoms with Crippen molar-refractivity contribution in [1.29, 1.82) is 0 Å². The number of benzene rings is 2. The van der Waals surface area contributed by atoms with Gasteiger partial charge in [-0.3, -0.25) is 8.75 Å². The van der Waals surface area contributed by atoms with E-state index in [1.165, 1.54) is 24.3 Å². The Hall–Kier alpha value is -1.37. The third kappa shape index (κ3) is 6.45. The van der Waals surface area contributed by atoms with Gasteiger partial charge in [0.05, 0.1) is 23.8 Å². The lowest BCUT2D eigenvalue weighted by Crippen LogP contribution is -2.19. The van der Waals surface area contributed by atoms with Crippen LogP contribution in [0, 0.1) is 0 Å². The molecule has 0 spiro atoms. The first-order valence-electron chi connectivity index (χ1n) is 7.44. The molecule has 2 atom stereocenters. The molecule has 0 saturated carbocycles. The summed E-state index contributed by atoms with van der Waals surface area (Å²) in [6.07, 6.45) is 0.194. The molecule has 0 heterocycles. The number of para-hydroxylation sites is 1. The molecule has 0 bridgehead atoms. The number of rotatable bonds is 9. The molecule has 0 aliphatic heterocycles. The van der Waals surface area contributed by atoms with E-state index in [1.54, 1.807) is 12.1 Å². The molecule has 2 unspecified atom stereocenters. The topological polar surface area (TPSA) is 89.9 Å². The minimum Gasteiger partial charge on any atom is -0.494 e. The fourth-order valence-corrected chi connectivity index (χ4v) is 3.74. The normalized spacial score (nSPS) is 14.0. The lowest BCUT2D eigenvalue weighted by Gasteiger charge is -2.14. The zero-order chi connectivity index (χ0) is 18.3. The largest absolute Gasteiger partial charge is 0.494 e. The van der Waals surface area contributed by atoms with Gasteiger partial charge in [-0.05, 0) is 42.8 Å². The first-order valence-corrected chi connectivity index (χ1v) is 10.7. The Morgan fingerprint density at radius 2 is 1.72 bits per heavy atom. The molecule has 0 aliphatic rings. The molecule has 0 radical (unpaired) electrons. The standard InChI is InChI=1S/C16H18ClO6PS/c17-13-6-8-16(9-7-13)25(20,21)23-12-15(24(18)19)10-11-22-14-4-2-1-3-5-14/h1-9,15,24H,10-12H2,(H,18,19). The van der Waals surface area contributed by atoms with Crippen LogP contribution in [0.5, 0.6) is 5.75 Å². The number of hydrogen-bond donors (Lipinski definition) is 1. The number of ether oxygens (including phenoxy) is 1. The Bertz CT molecular complexity index is 795. The molecule has 136 valence electrons. The highest BCUT2D eigenvalue weighted by molar-refractivity contribution is 7.86. The first-order chi connectivity index (χ1) is 11.9. The van der Waals surface area contributed by atoms with Crippen molar-refractivity contribution in [1.82, 2.24) is 0 Å². The van der Waals surface area contributed by atoms with Crippen LogP contribution in [0.1, 0.15) is 6.42 Å². The molecule has 25 heavy (non-hydrogen) atoms. The van der Waals surface area contributed by atoms with Crippen molar-refractivity contribution < 1.29 is 26.8 Å². The van der Waals surface area contributed by atoms with E-state index < -0.39 is 30.4 Å². The third-order valence-corrected chi connectivity index (χ3v) is 6.06. The van der Waals surface area contributed by atoms with Gasteiger partial charge in [0, 0.05) is 5.02 Å². The van der Waals surface area contributed by atoms with Crippen LogP contribution < -0.4 is 4.74 Å². The molecule has 0 aromatic heterocycles. The zero-order valence-electron chi connectivity index (χ0n) is 13.2. The fourth-order valence-electron chi connectivity index (χ4n) is 1.95. The number of halogens is 1. The van der Waals surface area contributed by atoms with E-state index in [0.717, 1.165) is 0 Å². The van der Waals surface area contributed by atoms with E-state index in [9.17, 15) is 17.9 Å². The SMILES string of the molecule is O=[PH](O)C(CCOc1ccccc1)COS(=O)(=O)c1ccc(Cl)cc1. The second-order valence-corrected chi connectivity index (χ2v) is 8.72. The van der Waals surface area contributed by atoms with E-state index in [2.05, 4.69) is 0 Å². The van der Waals surface area contributed by atoms with Crippen molar-refractivity contribution in [3.8, 4) is 5.75 Å². The quantitative estimate of drug-likeness (QED) is 0.509. The Labute approximate surface area is 152 Å². The van der Waals surface area contributed by atoms with Crippen LogP contribution in [-0.4, -0.2) is 32.2 Å². The maximum absolute atomic E-state index is 12.1. The smallest absolute Gasteiger partial charge is 0.296 e. The van der Waals surface area contributed by atoms with Crippen molar-refractivity contribution in [3.63, 3.8) is 0 Å². The van der Waals surface area contributed by atoms with Gasteiger partial charge in [0.15, 0.2) is 8.03 Å². The van der Waals surface area contributed by atoms with Gasteiger partial charge >= 0.3 is 0 Å². The second-order valence-electron chi connectivity index (χ2n) is 5.18. The highest BCUT2D eigenvalue weighted by Crippen LogP contribution is 2.27. The van der Waals surface area contributed by atoms with Gasteiger partial charge in [-0.15, -0.1) is 0 Å². The van der Waals surface area contributed by atoms with E-state index >= 15 is 0 Å². The van der Waals surface area contributed by atoms with Crippen LogP contribution in [0.3, 0.4) is 0 Å². The summed E-state index contributed by atoms with van der Waals surface area (Å²) in [7, 11) is -6.99. The molecule has 0 aliphatic carbocycles. The summed E-state index contributed by atoms with van der Waals surface area (Å²) in [6, 6.07) is 14.5. The predicted molar refractivity (Wildman–Crippen MR) is 96.2 cm³/mol. The molecule has 0 fully saturated rings. The summed E-state index contributed by atoms with van der Waals surface area (Å²) in [5, 5.41) is 0.398. The van der Waals surface area contributed by atoms with Crippen molar-refractivity contribution in [2.45, 2.75) is 17.0 Å². The average molecular weight is 405 g/mol. The minimum atomic E-state index is -4.02. The maximum atomic E-state index is 12.1. The van der Waals surface area contributed by atoms with Crippen LogP contribution in [0.15, 0.2) is 59.5 Å². The lowest BCUT2D eigenvalue weighted by molar-refractivity contribution is 0.266. The fraction of sp³-hybridized carbons (Fsp3) is 0.250. The van der Waals surface area contributed by atoms with Gasteiger partial charge in [-0.25, -0.2) is 0 Å². The second kappa shape index (κ2) is 9.36. The van der Waals surface area contributed by atoms with Crippen LogP contribution in [-0.2, 0) is 18.9 Å².